The predicted molar refractivity (Wildman–Crippen MR) is 65.1 cm³/mol. The molecule has 0 spiro atoms. The summed E-state index contributed by atoms with van der Waals surface area (Å²) in [5.41, 5.74) is 2.13. The van der Waals surface area contributed by atoms with E-state index in [9.17, 15) is 10.1 Å². The molecule has 100 valence electrons. The maximum atomic E-state index is 10.7. The highest BCUT2D eigenvalue weighted by Crippen LogP contribution is 2.20. The molecule has 0 saturated heterocycles. The summed E-state index contributed by atoms with van der Waals surface area (Å²) >= 11 is 0. The second-order valence-corrected chi connectivity index (χ2v) is 3.59. The van der Waals surface area contributed by atoms with E-state index in [2.05, 4.69) is 25.9 Å². The van der Waals surface area contributed by atoms with Gasteiger partial charge in [0, 0.05) is 0 Å². The zero-order valence-corrected chi connectivity index (χ0v) is 9.95. The van der Waals surface area contributed by atoms with Gasteiger partial charge in [0.15, 0.2) is 5.82 Å². The van der Waals surface area contributed by atoms with Crippen molar-refractivity contribution in [3.8, 4) is 0 Å². The first-order valence-electron chi connectivity index (χ1n) is 5.24. The maximum Gasteiger partial charge on any atom is 0.276 e. The van der Waals surface area contributed by atoms with Crippen LogP contribution in [0.15, 0.2) is 16.7 Å². The third-order valence-electron chi connectivity index (χ3n) is 2.16. The average Bonchev–Trinajstić information content (AvgIpc) is 2.81. The Labute approximate surface area is 107 Å². The number of aryl methyl sites for hydroxylation is 1. The smallest absolute Gasteiger partial charge is 0.276 e. The Hall–Kier alpha value is -2.75. The van der Waals surface area contributed by atoms with Gasteiger partial charge >= 0.3 is 0 Å². The summed E-state index contributed by atoms with van der Waals surface area (Å²) in [7, 11) is 0. The highest BCUT2D eigenvalue weighted by molar-refractivity contribution is 5.54. The van der Waals surface area contributed by atoms with Gasteiger partial charge in [0.25, 0.3) is 5.69 Å². The van der Waals surface area contributed by atoms with Gasteiger partial charge in [0.1, 0.15) is 11.6 Å². The molecule has 0 aliphatic heterocycles. The molecule has 2 aromatic rings. The van der Waals surface area contributed by atoms with E-state index in [4.69, 9.17) is 10.4 Å². The van der Waals surface area contributed by atoms with Crippen LogP contribution in [-0.2, 0) is 6.54 Å². The molecule has 4 N–H and O–H groups in total. The van der Waals surface area contributed by atoms with Crippen LogP contribution in [0.25, 0.3) is 0 Å². The van der Waals surface area contributed by atoms with E-state index < -0.39 is 4.92 Å². The normalized spacial score (nSPS) is 10.2. The number of nitrogens with two attached hydrogens (primary N) is 1. The lowest BCUT2D eigenvalue weighted by Gasteiger charge is -2.05. The van der Waals surface area contributed by atoms with E-state index >= 15 is 0 Å². The number of pyridine rings is 1. The highest BCUT2D eigenvalue weighted by atomic mass is 16.6. The van der Waals surface area contributed by atoms with E-state index in [0.29, 0.717) is 11.7 Å². The number of hydrazine groups is 1. The predicted octanol–water partition coefficient (Wildman–Crippen LogP) is 0.579. The Morgan fingerprint density at radius 2 is 2.16 bits per heavy atom. The van der Waals surface area contributed by atoms with Crippen molar-refractivity contribution in [2.24, 2.45) is 5.84 Å². The van der Waals surface area contributed by atoms with Crippen LogP contribution in [0, 0.1) is 17.0 Å². The molecule has 2 heterocycles. The zero-order chi connectivity index (χ0) is 13.8. The first-order valence-corrected chi connectivity index (χ1v) is 5.24. The maximum absolute atomic E-state index is 10.7. The summed E-state index contributed by atoms with van der Waals surface area (Å²) in [4.78, 5) is 18.2. The summed E-state index contributed by atoms with van der Waals surface area (Å²) in [6, 6.07) is 2.51. The van der Waals surface area contributed by atoms with Crippen molar-refractivity contribution in [3.05, 3.63) is 34.0 Å². The van der Waals surface area contributed by atoms with E-state index in [-0.39, 0.29) is 23.9 Å². The molecular weight excluding hydrogens is 254 g/mol. The molecule has 10 nitrogen and oxygen atoms in total. The van der Waals surface area contributed by atoms with Gasteiger partial charge in [0.2, 0.25) is 5.89 Å². The Bertz CT molecular complexity index is 597. The number of nitro groups is 1. The molecule has 0 aliphatic rings. The summed E-state index contributed by atoms with van der Waals surface area (Å²) in [5, 5.41) is 17.2. The lowest BCUT2D eigenvalue weighted by Crippen LogP contribution is -2.11. The van der Waals surface area contributed by atoms with Crippen LogP contribution < -0.4 is 16.6 Å². The van der Waals surface area contributed by atoms with Gasteiger partial charge in [-0.3, -0.25) is 10.1 Å². The summed E-state index contributed by atoms with van der Waals surface area (Å²) < 4.78 is 4.89. The Morgan fingerprint density at radius 3 is 2.74 bits per heavy atom. The van der Waals surface area contributed by atoms with Gasteiger partial charge in [-0.05, 0) is 6.92 Å². The Balaban J connectivity index is 2.15. The van der Waals surface area contributed by atoms with Gasteiger partial charge in [-0.15, -0.1) is 0 Å². The van der Waals surface area contributed by atoms with Gasteiger partial charge in [-0.25, -0.2) is 10.8 Å². The molecule has 2 rings (SSSR count). The minimum atomic E-state index is -0.537. The fourth-order valence-corrected chi connectivity index (χ4v) is 1.36. The molecular formula is C9H11N7O3. The summed E-state index contributed by atoms with van der Waals surface area (Å²) in [5.74, 6) is 6.51. The molecule has 10 heteroatoms. The molecule has 0 saturated carbocycles. The number of anilines is 2. The Kier molecular flexibility index (Phi) is 3.52. The second kappa shape index (κ2) is 5.27. The van der Waals surface area contributed by atoms with Gasteiger partial charge in [0.05, 0.1) is 23.6 Å². The van der Waals surface area contributed by atoms with Crippen LogP contribution in [0.1, 0.15) is 11.7 Å². The molecule has 0 aliphatic carbocycles. The number of aromatic nitrogens is 3. The van der Waals surface area contributed by atoms with Crippen molar-refractivity contribution in [2.45, 2.75) is 13.5 Å². The minimum absolute atomic E-state index is 0.132. The van der Waals surface area contributed by atoms with Crippen LogP contribution in [0.4, 0.5) is 17.3 Å². The van der Waals surface area contributed by atoms with E-state index in [0.717, 1.165) is 0 Å². The lowest BCUT2D eigenvalue weighted by atomic mass is 10.3. The monoisotopic (exact) mass is 265 g/mol. The molecule has 19 heavy (non-hydrogen) atoms. The van der Waals surface area contributed by atoms with E-state index in [1.54, 1.807) is 6.92 Å². The molecule has 0 radical (unpaired) electrons. The van der Waals surface area contributed by atoms with E-state index in [1.807, 2.05) is 0 Å². The van der Waals surface area contributed by atoms with Crippen molar-refractivity contribution >= 4 is 17.3 Å². The molecule has 0 unspecified atom stereocenters. The number of nitrogen functional groups attached to an aromatic ring is 1. The van der Waals surface area contributed by atoms with Crippen molar-refractivity contribution in [1.29, 1.82) is 0 Å². The van der Waals surface area contributed by atoms with Crippen LogP contribution >= 0.6 is 0 Å². The number of hydrogen-bond acceptors (Lipinski definition) is 9. The molecule has 0 atom stereocenters. The SMILES string of the molecule is Cc1noc(CNc2cc([N+](=O)[O-])cc(NN)n2)n1. The summed E-state index contributed by atoms with van der Waals surface area (Å²) in [6.07, 6.45) is 0. The topological polar surface area (TPSA) is 145 Å². The second-order valence-electron chi connectivity index (χ2n) is 3.59. The number of hydrogen-bond donors (Lipinski definition) is 3. The number of nitrogens with zero attached hydrogens (tertiary/aromatic N) is 4. The van der Waals surface area contributed by atoms with Gasteiger partial charge in [-0.1, -0.05) is 5.16 Å². The van der Waals surface area contributed by atoms with Crippen LogP contribution in [-0.4, -0.2) is 20.0 Å². The first-order chi connectivity index (χ1) is 9.08. The van der Waals surface area contributed by atoms with Gasteiger partial charge in [-0.2, -0.15) is 4.98 Å². The lowest BCUT2D eigenvalue weighted by molar-refractivity contribution is -0.384. The largest absolute Gasteiger partial charge is 0.361 e. The molecule has 2 aromatic heterocycles. The Morgan fingerprint density at radius 1 is 1.42 bits per heavy atom. The number of nitrogens with one attached hydrogen (secondary N) is 2. The highest BCUT2D eigenvalue weighted by Gasteiger charge is 2.11. The van der Waals surface area contributed by atoms with Crippen molar-refractivity contribution in [3.63, 3.8) is 0 Å². The van der Waals surface area contributed by atoms with Crippen LogP contribution in [0.3, 0.4) is 0 Å². The first kappa shape index (κ1) is 12.7. The van der Waals surface area contributed by atoms with Crippen molar-refractivity contribution in [2.75, 3.05) is 10.7 Å². The number of rotatable bonds is 5. The minimum Gasteiger partial charge on any atom is -0.361 e. The average molecular weight is 265 g/mol. The molecule has 0 fully saturated rings. The molecule has 0 bridgehead atoms. The molecule has 0 aromatic carbocycles. The zero-order valence-electron chi connectivity index (χ0n) is 9.95. The van der Waals surface area contributed by atoms with Crippen molar-refractivity contribution < 1.29 is 9.45 Å². The standard InChI is InChI=1S/C9H11N7O3/c1-5-12-9(19-15-5)4-11-7-2-6(16(17)18)3-8(13-7)14-10/h2-3H,4,10H2,1H3,(H2,11,13,14). The fraction of sp³-hybridized carbons (Fsp3) is 0.222. The van der Waals surface area contributed by atoms with E-state index in [1.165, 1.54) is 12.1 Å². The van der Waals surface area contributed by atoms with Crippen LogP contribution in [0.2, 0.25) is 0 Å². The fourth-order valence-electron chi connectivity index (χ4n) is 1.36. The van der Waals surface area contributed by atoms with Crippen molar-refractivity contribution in [1.82, 2.24) is 15.1 Å². The summed E-state index contributed by atoms with van der Waals surface area (Å²) in [6.45, 7) is 1.90. The third-order valence-corrected chi connectivity index (χ3v) is 2.16. The quantitative estimate of drug-likeness (QED) is 0.401. The third kappa shape index (κ3) is 3.13. The van der Waals surface area contributed by atoms with Gasteiger partial charge < -0.3 is 15.3 Å². The molecule has 0 amide bonds. The van der Waals surface area contributed by atoms with Crippen LogP contribution in [0.5, 0.6) is 0 Å².